The molecule has 0 unspecified atom stereocenters. The Labute approximate surface area is 186 Å². The minimum Gasteiger partial charge on any atom is -0.315 e. The summed E-state index contributed by atoms with van der Waals surface area (Å²) in [4.78, 5) is 13.3. The number of nitrogens with zero attached hydrogens (tertiary/aromatic N) is 4. The zero-order valence-electron chi connectivity index (χ0n) is 17.2. The lowest BCUT2D eigenvalue weighted by atomic mass is 9.93. The van der Waals surface area contributed by atoms with Crippen molar-refractivity contribution in [3.63, 3.8) is 0 Å². The first-order chi connectivity index (χ1) is 15.7. The summed E-state index contributed by atoms with van der Waals surface area (Å²) in [5.74, 6) is 0.283. The van der Waals surface area contributed by atoms with Crippen LogP contribution in [0.2, 0.25) is 0 Å². The molecule has 0 saturated carbocycles. The lowest BCUT2D eigenvalue weighted by Crippen LogP contribution is -2.40. The molecule has 0 aliphatic carbocycles. The van der Waals surface area contributed by atoms with Crippen molar-refractivity contribution >= 4 is 32.2 Å². The molecule has 5 aromatic rings. The van der Waals surface area contributed by atoms with Crippen molar-refractivity contribution in [3.05, 3.63) is 70.3 Å². The van der Waals surface area contributed by atoms with E-state index in [1.807, 2.05) is 60.4 Å². The van der Waals surface area contributed by atoms with Gasteiger partial charge in [0.15, 0.2) is 0 Å². The van der Waals surface area contributed by atoms with Crippen molar-refractivity contribution in [1.82, 2.24) is 25.3 Å². The van der Waals surface area contributed by atoms with Crippen LogP contribution in [0.5, 0.6) is 0 Å². The summed E-state index contributed by atoms with van der Waals surface area (Å²) in [6, 6.07) is 16.2. The van der Waals surface area contributed by atoms with E-state index in [-0.39, 0.29) is 11.5 Å². The highest BCUT2D eigenvalue weighted by molar-refractivity contribution is 7.22. The largest absolute Gasteiger partial charge is 0.315 e. The lowest BCUT2D eigenvalue weighted by molar-refractivity contribution is 0.439. The van der Waals surface area contributed by atoms with E-state index in [1.54, 1.807) is 11.3 Å². The quantitative estimate of drug-likeness (QED) is 0.447. The van der Waals surface area contributed by atoms with Gasteiger partial charge >= 0.3 is 0 Å². The summed E-state index contributed by atoms with van der Waals surface area (Å²) in [6.45, 7) is 1.70. The Morgan fingerprint density at radius 3 is 2.78 bits per heavy atom. The van der Waals surface area contributed by atoms with E-state index in [1.165, 1.54) is 0 Å². The normalized spacial score (nSPS) is 14.0. The molecule has 2 N–H and O–H groups in total. The van der Waals surface area contributed by atoms with E-state index in [2.05, 4.69) is 26.7 Å². The fourth-order valence-electron chi connectivity index (χ4n) is 4.39. The van der Waals surface area contributed by atoms with E-state index in [0.29, 0.717) is 10.9 Å². The standard InChI is InChI=1S/C24H18N6OS/c1-30-22(23-18(9-25)15-4-2-3-5-20(15)32-23)19(12-27-30)13-6-7-16-17(8-13)21(14-10-26-11-14)28-29-24(16)31/h2-8,12,14,26H,10-11H2,1H3,(H,29,31). The maximum atomic E-state index is 12.4. The van der Waals surface area contributed by atoms with Gasteiger partial charge in [-0.05, 0) is 23.8 Å². The lowest BCUT2D eigenvalue weighted by Gasteiger charge is -2.27. The van der Waals surface area contributed by atoms with Gasteiger partial charge in [-0.3, -0.25) is 9.48 Å². The monoisotopic (exact) mass is 438 g/mol. The summed E-state index contributed by atoms with van der Waals surface area (Å²) in [6.07, 6.45) is 1.83. The Morgan fingerprint density at radius 2 is 2.00 bits per heavy atom. The maximum absolute atomic E-state index is 12.4. The second kappa shape index (κ2) is 7.12. The maximum Gasteiger partial charge on any atom is 0.272 e. The van der Waals surface area contributed by atoms with Crippen molar-refractivity contribution < 1.29 is 0 Å². The summed E-state index contributed by atoms with van der Waals surface area (Å²) in [5, 5.41) is 27.2. The molecule has 4 heterocycles. The summed E-state index contributed by atoms with van der Waals surface area (Å²) < 4.78 is 2.89. The van der Waals surface area contributed by atoms with Gasteiger partial charge in [0.1, 0.15) is 6.07 Å². The van der Waals surface area contributed by atoms with Gasteiger partial charge in [0.2, 0.25) is 0 Å². The number of benzene rings is 2. The third-order valence-corrected chi connectivity index (χ3v) is 7.34. The molecular formula is C24H18N6OS. The summed E-state index contributed by atoms with van der Waals surface area (Å²) in [5.41, 5.74) is 4.15. The van der Waals surface area contributed by atoms with E-state index in [4.69, 9.17) is 0 Å². The predicted molar refractivity (Wildman–Crippen MR) is 126 cm³/mol. The van der Waals surface area contributed by atoms with E-state index in [0.717, 1.165) is 56.0 Å². The molecule has 1 aliphatic heterocycles. The van der Waals surface area contributed by atoms with Crippen LogP contribution in [-0.2, 0) is 7.05 Å². The van der Waals surface area contributed by atoms with Gasteiger partial charge in [0, 0.05) is 47.1 Å². The number of hydrogen-bond donors (Lipinski definition) is 2. The molecule has 1 aliphatic rings. The zero-order valence-corrected chi connectivity index (χ0v) is 18.0. The Balaban J connectivity index is 1.59. The van der Waals surface area contributed by atoms with Crippen molar-refractivity contribution in [2.75, 3.05) is 13.1 Å². The first kappa shape index (κ1) is 18.9. The number of aryl methyl sites for hydroxylation is 1. The Bertz CT molecular complexity index is 1620. The van der Waals surface area contributed by atoms with Crippen LogP contribution in [0.15, 0.2) is 53.5 Å². The van der Waals surface area contributed by atoms with Crippen LogP contribution in [0.1, 0.15) is 17.2 Å². The van der Waals surface area contributed by atoms with Gasteiger partial charge in [-0.2, -0.15) is 15.5 Å². The molecule has 0 spiro atoms. The van der Waals surface area contributed by atoms with E-state index < -0.39 is 0 Å². The van der Waals surface area contributed by atoms with Crippen molar-refractivity contribution in [2.24, 2.45) is 7.05 Å². The number of rotatable bonds is 3. The van der Waals surface area contributed by atoms with E-state index in [9.17, 15) is 10.1 Å². The average molecular weight is 439 g/mol. The molecule has 1 fully saturated rings. The number of fused-ring (bicyclic) bond motifs is 2. The van der Waals surface area contributed by atoms with Crippen LogP contribution in [0.3, 0.4) is 0 Å². The minimum absolute atomic E-state index is 0.190. The fraction of sp³-hybridized carbons (Fsp3) is 0.167. The molecule has 2 aromatic carbocycles. The molecular weight excluding hydrogens is 420 g/mol. The van der Waals surface area contributed by atoms with Crippen molar-refractivity contribution in [1.29, 1.82) is 5.26 Å². The highest BCUT2D eigenvalue weighted by Crippen LogP contribution is 2.42. The molecule has 8 heteroatoms. The van der Waals surface area contributed by atoms with Crippen molar-refractivity contribution in [2.45, 2.75) is 5.92 Å². The molecule has 156 valence electrons. The number of nitriles is 1. The van der Waals surface area contributed by atoms with Gasteiger partial charge < -0.3 is 5.32 Å². The second-order valence-corrected chi connectivity index (χ2v) is 9.05. The van der Waals surface area contributed by atoms with Crippen LogP contribution in [0.25, 0.3) is 42.6 Å². The fourth-order valence-corrected chi connectivity index (χ4v) is 5.63. The number of aromatic amines is 1. The van der Waals surface area contributed by atoms with Gasteiger partial charge in [-0.1, -0.05) is 24.3 Å². The highest BCUT2D eigenvalue weighted by atomic mass is 32.1. The predicted octanol–water partition coefficient (Wildman–Crippen LogP) is 3.76. The number of thiophene rings is 1. The van der Waals surface area contributed by atoms with Gasteiger partial charge in [-0.25, -0.2) is 5.10 Å². The number of hydrogen-bond acceptors (Lipinski definition) is 6. The topological polar surface area (TPSA) is 99.4 Å². The molecule has 0 amide bonds. The molecule has 7 nitrogen and oxygen atoms in total. The number of aromatic nitrogens is 4. The molecule has 0 bridgehead atoms. The van der Waals surface area contributed by atoms with Gasteiger partial charge in [0.25, 0.3) is 5.56 Å². The van der Waals surface area contributed by atoms with Gasteiger partial charge in [0.05, 0.1) is 33.4 Å². The number of nitrogens with one attached hydrogen (secondary N) is 2. The van der Waals surface area contributed by atoms with Crippen LogP contribution in [-0.4, -0.2) is 33.1 Å². The molecule has 0 atom stereocenters. The number of H-pyrrole nitrogens is 1. The third-order valence-electron chi connectivity index (χ3n) is 6.16. The highest BCUT2D eigenvalue weighted by Gasteiger charge is 2.25. The SMILES string of the molecule is Cn1ncc(-c2ccc3c(=O)[nH]nc(C4CNC4)c3c2)c1-c1sc2ccccc2c1C#N. The average Bonchev–Trinajstić information content (AvgIpc) is 3.33. The van der Waals surface area contributed by atoms with Crippen LogP contribution >= 0.6 is 11.3 Å². The Hall–Kier alpha value is -3.80. The zero-order chi connectivity index (χ0) is 21.8. The van der Waals surface area contributed by atoms with E-state index >= 15 is 0 Å². The molecule has 32 heavy (non-hydrogen) atoms. The molecule has 0 radical (unpaired) electrons. The van der Waals surface area contributed by atoms with Crippen molar-refractivity contribution in [3.8, 4) is 27.8 Å². The Morgan fingerprint density at radius 1 is 1.16 bits per heavy atom. The third kappa shape index (κ3) is 2.72. The summed E-state index contributed by atoms with van der Waals surface area (Å²) in [7, 11) is 1.89. The van der Waals surface area contributed by atoms with Crippen LogP contribution in [0, 0.1) is 11.3 Å². The molecule has 6 rings (SSSR count). The first-order valence-electron chi connectivity index (χ1n) is 10.3. The molecule has 3 aromatic heterocycles. The van der Waals surface area contributed by atoms with Crippen LogP contribution in [0.4, 0.5) is 0 Å². The smallest absolute Gasteiger partial charge is 0.272 e. The summed E-state index contributed by atoms with van der Waals surface area (Å²) >= 11 is 1.60. The minimum atomic E-state index is -0.190. The van der Waals surface area contributed by atoms with Gasteiger partial charge in [-0.15, -0.1) is 11.3 Å². The Kier molecular flexibility index (Phi) is 4.21. The van der Waals surface area contributed by atoms with Crippen LogP contribution < -0.4 is 10.9 Å². The second-order valence-electron chi connectivity index (χ2n) is 8.00. The molecule has 1 saturated heterocycles. The first-order valence-corrected chi connectivity index (χ1v) is 11.1.